The van der Waals surface area contributed by atoms with Gasteiger partial charge in [0.2, 0.25) is 0 Å². The Morgan fingerprint density at radius 2 is 1.69 bits per heavy atom. The number of likely N-dealkylation sites (tertiary alicyclic amines) is 1. The van der Waals surface area contributed by atoms with Crippen LogP contribution >= 0.6 is 0 Å². The van der Waals surface area contributed by atoms with Crippen molar-refractivity contribution in [1.29, 1.82) is 0 Å². The number of aryl methyl sites for hydroxylation is 1. The topological polar surface area (TPSA) is 51.0 Å². The number of carbonyl (C=O) groups excluding carboxylic acids is 1. The Kier molecular flexibility index (Phi) is 4.52. The van der Waals surface area contributed by atoms with Crippen molar-refractivity contribution < 1.29 is 4.79 Å². The number of carbonyl (C=O) groups is 1. The number of para-hydroxylation sites is 1. The summed E-state index contributed by atoms with van der Waals surface area (Å²) in [6, 6.07) is 18.0. The van der Waals surface area contributed by atoms with Crippen LogP contribution in [0.5, 0.6) is 0 Å². The number of rotatable bonds is 3. The zero-order valence-electron chi connectivity index (χ0n) is 14.9. The molecule has 0 unspecified atom stereocenters. The summed E-state index contributed by atoms with van der Waals surface area (Å²) >= 11 is 0. The van der Waals surface area contributed by atoms with Crippen LogP contribution in [0.3, 0.4) is 0 Å². The van der Waals surface area contributed by atoms with Gasteiger partial charge in [-0.2, -0.15) is 0 Å². The number of aromatic nitrogens is 3. The fraction of sp³-hybridized carbons (Fsp3) is 0.286. The minimum Gasteiger partial charge on any atom is -0.339 e. The van der Waals surface area contributed by atoms with Crippen LogP contribution in [0, 0.1) is 6.92 Å². The molecule has 0 bridgehead atoms. The summed E-state index contributed by atoms with van der Waals surface area (Å²) < 4.78 is 2.06. The number of hydrogen-bond acceptors (Lipinski definition) is 3. The molecule has 3 aromatic rings. The summed E-state index contributed by atoms with van der Waals surface area (Å²) in [7, 11) is 0. The minimum atomic E-state index is 0.118. The third-order valence-corrected chi connectivity index (χ3v) is 5.05. The average molecular weight is 346 g/mol. The third-order valence-electron chi connectivity index (χ3n) is 5.05. The molecule has 0 spiro atoms. The van der Waals surface area contributed by atoms with Gasteiger partial charge in [-0.15, -0.1) is 10.2 Å². The second kappa shape index (κ2) is 7.12. The van der Waals surface area contributed by atoms with Gasteiger partial charge in [0.1, 0.15) is 12.2 Å². The molecule has 4 rings (SSSR count). The van der Waals surface area contributed by atoms with Gasteiger partial charge in [0.25, 0.3) is 5.91 Å². The smallest absolute Gasteiger partial charge is 0.253 e. The zero-order valence-corrected chi connectivity index (χ0v) is 14.9. The lowest BCUT2D eigenvalue weighted by molar-refractivity contribution is 0.0710. The van der Waals surface area contributed by atoms with Gasteiger partial charge in [0, 0.05) is 30.3 Å². The van der Waals surface area contributed by atoms with E-state index >= 15 is 0 Å². The summed E-state index contributed by atoms with van der Waals surface area (Å²) in [5.41, 5.74) is 3.01. The van der Waals surface area contributed by atoms with Crippen LogP contribution in [-0.4, -0.2) is 38.7 Å². The summed E-state index contributed by atoms with van der Waals surface area (Å²) in [5, 5.41) is 8.48. The van der Waals surface area contributed by atoms with Gasteiger partial charge in [-0.25, -0.2) is 0 Å². The van der Waals surface area contributed by atoms with Crippen molar-refractivity contribution in [2.45, 2.75) is 25.7 Å². The second-order valence-corrected chi connectivity index (χ2v) is 6.83. The van der Waals surface area contributed by atoms with Crippen LogP contribution in [0.15, 0.2) is 60.9 Å². The van der Waals surface area contributed by atoms with Crippen LogP contribution in [0.1, 0.15) is 40.5 Å². The number of hydrogen-bond donors (Lipinski definition) is 0. The molecular formula is C21H22N4O. The SMILES string of the molecule is Cc1ccc(C(=O)N2CCC(c3nncn3-c3ccccc3)CC2)cc1. The molecular weight excluding hydrogens is 324 g/mol. The minimum absolute atomic E-state index is 0.118. The standard InChI is InChI=1S/C21H22N4O/c1-16-7-9-18(10-8-16)21(26)24-13-11-17(12-14-24)20-23-22-15-25(20)19-5-3-2-4-6-19/h2-10,15,17H,11-14H2,1H3. The molecule has 5 heteroatoms. The Bertz CT molecular complexity index is 878. The zero-order chi connectivity index (χ0) is 17.9. The summed E-state index contributed by atoms with van der Waals surface area (Å²) in [4.78, 5) is 14.6. The average Bonchev–Trinajstić information content (AvgIpc) is 3.19. The van der Waals surface area contributed by atoms with Crippen LogP contribution in [0.25, 0.3) is 5.69 Å². The fourth-order valence-corrected chi connectivity index (χ4v) is 3.53. The first-order valence-corrected chi connectivity index (χ1v) is 9.03. The van der Waals surface area contributed by atoms with Crippen molar-refractivity contribution in [3.8, 4) is 5.69 Å². The largest absolute Gasteiger partial charge is 0.339 e. The molecule has 1 aromatic heterocycles. The Morgan fingerprint density at radius 3 is 2.38 bits per heavy atom. The molecule has 0 atom stereocenters. The van der Waals surface area contributed by atoms with E-state index in [1.54, 1.807) is 6.33 Å². The molecule has 0 radical (unpaired) electrons. The molecule has 2 heterocycles. The lowest BCUT2D eigenvalue weighted by atomic mass is 9.95. The van der Waals surface area contributed by atoms with Crippen LogP contribution < -0.4 is 0 Å². The highest BCUT2D eigenvalue weighted by atomic mass is 16.2. The van der Waals surface area contributed by atoms with Crippen molar-refractivity contribution in [1.82, 2.24) is 19.7 Å². The van der Waals surface area contributed by atoms with Gasteiger partial charge in [-0.05, 0) is 44.0 Å². The van der Waals surface area contributed by atoms with E-state index in [9.17, 15) is 4.79 Å². The van der Waals surface area contributed by atoms with E-state index in [0.29, 0.717) is 5.92 Å². The monoisotopic (exact) mass is 346 g/mol. The molecule has 132 valence electrons. The highest BCUT2D eigenvalue weighted by Gasteiger charge is 2.27. The Balaban J connectivity index is 1.45. The molecule has 0 aliphatic carbocycles. The Morgan fingerprint density at radius 1 is 1.00 bits per heavy atom. The van der Waals surface area contributed by atoms with E-state index in [1.165, 1.54) is 5.56 Å². The molecule has 1 saturated heterocycles. The van der Waals surface area contributed by atoms with Crippen molar-refractivity contribution in [3.05, 3.63) is 77.9 Å². The molecule has 1 amide bonds. The van der Waals surface area contributed by atoms with Gasteiger partial charge in [0.15, 0.2) is 0 Å². The van der Waals surface area contributed by atoms with Gasteiger partial charge < -0.3 is 4.90 Å². The maximum Gasteiger partial charge on any atom is 0.253 e. The number of benzene rings is 2. The maximum absolute atomic E-state index is 12.7. The maximum atomic E-state index is 12.7. The molecule has 0 saturated carbocycles. The van der Waals surface area contributed by atoms with Crippen molar-refractivity contribution >= 4 is 5.91 Å². The lowest BCUT2D eigenvalue weighted by Gasteiger charge is -2.31. The first kappa shape index (κ1) is 16.5. The summed E-state index contributed by atoms with van der Waals surface area (Å²) in [6.45, 7) is 3.53. The van der Waals surface area contributed by atoms with E-state index in [0.717, 1.165) is 43.0 Å². The normalized spacial score (nSPS) is 15.2. The fourth-order valence-electron chi connectivity index (χ4n) is 3.53. The quantitative estimate of drug-likeness (QED) is 0.728. The summed E-state index contributed by atoms with van der Waals surface area (Å²) in [5.74, 6) is 1.42. The second-order valence-electron chi connectivity index (χ2n) is 6.83. The van der Waals surface area contributed by atoms with Crippen molar-refractivity contribution in [2.24, 2.45) is 0 Å². The van der Waals surface area contributed by atoms with E-state index in [1.807, 2.05) is 54.3 Å². The van der Waals surface area contributed by atoms with E-state index in [2.05, 4.69) is 26.9 Å². The van der Waals surface area contributed by atoms with Crippen molar-refractivity contribution in [3.63, 3.8) is 0 Å². The van der Waals surface area contributed by atoms with Gasteiger partial charge in [0.05, 0.1) is 0 Å². The number of piperidine rings is 1. The van der Waals surface area contributed by atoms with Gasteiger partial charge in [-0.3, -0.25) is 9.36 Å². The van der Waals surface area contributed by atoms with Gasteiger partial charge >= 0.3 is 0 Å². The van der Waals surface area contributed by atoms with E-state index in [-0.39, 0.29) is 5.91 Å². The van der Waals surface area contributed by atoms with Crippen LogP contribution in [-0.2, 0) is 0 Å². The van der Waals surface area contributed by atoms with Crippen molar-refractivity contribution in [2.75, 3.05) is 13.1 Å². The number of amides is 1. The number of nitrogens with zero attached hydrogens (tertiary/aromatic N) is 4. The molecule has 1 aliphatic rings. The van der Waals surface area contributed by atoms with E-state index < -0.39 is 0 Å². The predicted molar refractivity (Wildman–Crippen MR) is 100 cm³/mol. The third kappa shape index (κ3) is 3.25. The predicted octanol–water partition coefficient (Wildman–Crippen LogP) is 3.60. The highest BCUT2D eigenvalue weighted by Crippen LogP contribution is 2.28. The Labute approximate surface area is 153 Å². The van der Waals surface area contributed by atoms with E-state index in [4.69, 9.17) is 0 Å². The summed E-state index contributed by atoms with van der Waals surface area (Å²) in [6.07, 6.45) is 3.58. The first-order chi connectivity index (χ1) is 12.7. The van der Waals surface area contributed by atoms with Crippen LogP contribution in [0.4, 0.5) is 0 Å². The Hall–Kier alpha value is -2.95. The molecule has 0 N–H and O–H groups in total. The highest BCUT2D eigenvalue weighted by molar-refractivity contribution is 5.94. The van der Waals surface area contributed by atoms with Gasteiger partial charge in [-0.1, -0.05) is 35.9 Å². The molecule has 5 nitrogen and oxygen atoms in total. The first-order valence-electron chi connectivity index (χ1n) is 9.03. The molecule has 1 fully saturated rings. The lowest BCUT2D eigenvalue weighted by Crippen LogP contribution is -2.38. The molecule has 2 aromatic carbocycles. The molecule has 1 aliphatic heterocycles. The van der Waals surface area contributed by atoms with Crippen LogP contribution in [0.2, 0.25) is 0 Å². The molecule has 26 heavy (non-hydrogen) atoms.